The van der Waals surface area contributed by atoms with Gasteiger partial charge in [-0.05, 0) is 42.3 Å². The number of nitrogens with one attached hydrogen (secondary N) is 2. The Balaban J connectivity index is 1.85. The molecule has 0 unspecified atom stereocenters. The van der Waals surface area contributed by atoms with Crippen molar-refractivity contribution in [3.8, 4) is 11.8 Å². The molecule has 126 valence electrons. The Kier molecular flexibility index (Phi) is 6.32. The lowest BCUT2D eigenvalue weighted by atomic mass is 10.1. The first-order chi connectivity index (χ1) is 12.1. The zero-order valence-corrected chi connectivity index (χ0v) is 13.7. The van der Waals surface area contributed by atoms with Gasteiger partial charge in [0.2, 0.25) is 0 Å². The summed E-state index contributed by atoms with van der Waals surface area (Å²) in [6, 6.07) is 15.9. The van der Waals surface area contributed by atoms with Gasteiger partial charge in [0.15, 0.2) is 6.61 Å². The van der Waals surface area contributed by atoms with Crippen molar-refractivity contribution in [3.05, 3.63) is 71.3 Å². The SMILES string of the molecule is Cc1ccccc1C(=O)NNC(=O)/C=C/c1ccc(OCC#N)cc1. The first kappa shape index (κ1) is 17.8. The number of hydrogen-bond donors (Lipinski definition) is 2. The van der Waals surface area contributed by atoms with Crippen LogP contribution < -0.4 is 15.6 Å². The number of hydrogen-bond acceptors (Lipinski definition) is 4. The second kappa shape index (κ2) is 8.89. The van der Waals surface area contributed by atoms with Crippen LogP contribution in [0, 0.1) is 18.3 Å². The van der Waals surface area contributed by atoms with Crippen molar-refractivity contribution < 1.29 is 14.3 Å². The molecule has 0 atom stereocenters. The predicted octanol–water partition coefficient (Wildman–Crippen LogP) is 2.37. The van der Waals surface area contributed by atoms with E-state index in [1.54, 1.807) is 42.5 Å². The second-order valence-electron chi connectivity index (χ2n) is 5.11. The van der Waals surface area contributed by atoms with Crippen molar-refractivity contribution in [2.45, 2.75) is 6.92 Å². The van der Waals surface area contributed by atoms with Crippen LogP contribution in [0.1, 0.15) is 21.5 Å². The molecule has 2 aromatic rings. The van der Waals surface area contributed by atoms with Gasteiger partial charge in [-0.25, -0.2) is 0 Å². The number of carbonyl (C=O) groups excluding carboxylic acids is 2. The summed E-state index contributed by atoms with van der Waals surface area (Å²) >= 11 is 0. The summed E-state index contributed by atoms with van der Waals surface area (Å²) in [5, 5.41) is 8.44. The lowest BCUT2D eigenvalue weighted by Gasteiger charge is -2.07. The van der Waals surface area contributed by atoms with Gasteiger partial charge in [0.1, 0.15) is 11.8 Å². The van der Waals surface area contributed by atoms with E-state index in [9.17, 15) is 9.59 Å². The van der Waals surface area contributed by atoms with Crippen LogP contribution in [0.4, 0.5) is 0 Å². The molecule has 2 amide bonds. The Bertz CT molecular complexity index is 821. The van der Waals surface area contributed by atoms with Gasteiger partial charge in [-0.2, -0.15) is 5.26 Å². The molecule has 6 heteroatoms. The molecule has 0 heterocycles. The maximum Gasteiger partial charge on any atom is 0.269 e. The van der Waals surface area contributed by atoms with Crippen molar-refractivity contribution in [2.75, 3.05) is 6.61 Å². The maximum absolute atomic E-state index is 12.0. The summed E-state index contributed by atoms with van der Waals surface area (Å²) in [4.78, 5) is 23.8. The van der Waals surface area contributed by atoms with E-state index in [1.165, 1.54) is 6.08 Å². The second-order valence-corrected chi connectivity index (χ2v) is 5.11. The number of aryl methyl sites for hydroxylation is 1. The third-order valence-electron chi connectivity index (χ3n) is 3.30. The minimum atomic E-state index is -0.452. The number of benzene rings is 2. The largest absolute Gasteiger partial charge is 0.479 e. The molecule has 0 fully saturated rings. The summed E-state index contributed by atoms with van der Waals surface area (Å²) in [6.45, 7) is 1.80. The number of carbonyl (C=O) groups is 2. The van der Waals surface area contributed by atoms with Gasteiger partial charge in [-0.15, -0.1) is 0 Å². The summed E-state index contributed by atoms with van der Waals surface area (Å²) in [5.41, 5.74) is 6.80. The number of rotatable bonds is 5. The van der Waals surface area contributed by atoms with Crippen LogP contribution in [0.25, 0.3) is 6.08 Å². The number of amides is 2. The molecular weight excluding hydrogens is 318 g/mol. The van der Waals surface area contributed by atoms with Crippen molar-refractivity contribution in [1.82, 2.24) is 10.9 Å². The van der Waals surface area contributed by atoms with Crippen molar-refractivity contribution in [1.29, 1.82) is 5.26 Å². The highest BCUT2D eigenvalue weighted by molar-refractivity contribution is 5.98. The molecular formula is C19H17N3O3. The fourth-order valence-corrected chi connectivity index (χ4v) is 2.02. The van der Waals surface area contributed by atoms with Crippen molar-refractivity contribution in [3.63, 3.8) is 0 Å². The fourth-order valence-electron chi connectivity index (χ4n) is 2.02. The molecule has 0 aliphatic carbocycles. The van der Waals surface area contributed by atoms with Gasteiger partial charge in [-0.1, -0.05) is 30.3 Å². The van der Waals surface area contributed by atoms with Crippen LogP contribution >= 0.6 is 0 Å². The standard InChI is InChI=1S/C19H17N3O3/c1-14-4-2-3-5-17(14)19(24)22-21-18(23)11-8-15-6-9-16(10-7-15)25-13-12-20/h2-11H,13H2,1H3,(H,21,23)(H,22,24)/b11-8+. The smallest absolute Gasteiger partial charge is 0.269 e. The first-order valence-electron chi connectivity index (χ1n) is 7.54. The van der Waals surface area contributed by atoms with E-state index >= 15 is 0 Å². The van der Waals surface area contributed by atoms with Gasteiger partial charge in [0, 0.05) is 11.6 Å². The van der Waals surface area contributed by atoms with Crippen LogP contribution in [0.2, 0.25) is 0 Å². The highest BCUT2D eigenvalue weighted by atomic mass is 16.5. The van der Waals surface area contributed by atoms with E-state index in [2.05, 4.69) is 10.9 Å². The molecule has 0 radical (unpaired) electrons. The van der Waals surface area contributed by atoms with E-state index in [4.69, 9.17) is 10.00 Å². The van der Waals surface area contributed by atoms with Gasteiger partial charge in [0.25, 0.3) is 11.8 Å². The van der Waals surface area contributed by atoms with Crippen LogP contribution in [-0.4, -0.2) is 18.4 Å². The normalized spacial score (nSPS) is 10.1. The van der Waals surface area contributed by atoms with E-state index < -0.39 is 5.91 Å². The summed E-state index contributed by atoms with van der Waals surface area (Å²) in [7, 11) is 0. The van der Waals surface area contributed by atoms with E-state index in [0.29, 0.717) is 11.3 Å². The zero-order chi connectivity index (χ0) is 18.1. The molecule has 0 saturated carbocycles. The topological polar surface area (TPSA) is 91.2 Å². The molecule has 6 nitrogen and oxygen atoms in total. The minimum Gasteiger partial charge on any atom is -0.479 e. The van der Waals surface area contributed by atoms with Crippen LogP contribution in [0.15, 0.2) is 54.6 Å². The molecule has 0 aromatic heterocycles. The molecule has 25 heavy (non-hydrogen) atoms. The minimum absolute atomic E-state index is 0.0157. The van der Waals surface area contributed by atoms with E-state index in [-0.39, 0.29) is 12.5 Å². The Morgan fingerprint density at radius 3 is 2.52 bits per heavy atom. The number of hydrazine groups is 1. The Hall–Kier alpha value is -3.59. The van der Waals surface area contributed by atoms with Crippen molar-refractivity contribution in [2.24, 2.45) is 0 Å². The highest BCUT2D eigenvalue weighted by Gasteiger charge is 2.08. The number of ether oxygens (including phenoxy) is 1. The third-order valence-corrected chi connectivity index (χ3v) is 3.30. The molecule has 0 bridgehead atoms. The van der Waals surface area contributed by atoms with Gasteiger partial charge in [-0.3, -0.25) is 20.4 Å². The summed E-state index contributed by atoms with van der Waals surface area (Å²) < 4.78 is 5.14. The average molecular weight is 335 g/mol. The predicted molar refractivity (Wildman–Crippen MR) is 93.4 cm³/mol. The van der Waals surface area contributed by atoms with Gasteiger partial charge in [0.05, 0.1) is 0 Å². The fraction of sp³-hybridized carbons (Fsp3) is 0.105. The molecule has 0 spiro atoms. The number of nitrogens with zero attached hydrogens (tertiary/aromatic N) is 1. The maximum atomic E-state index is 12.0. The monoisotopic (exact) mass is 335 g/mol. The lowest BCUT2D eigenvalue weighted by Crippen LogP contribution is -2.41. The molecule has 0 saturated heterocycles. The van der Waals surface area contributed by atoms with E-state index in [0.717, 1.165) is 11.1 Å². The molecule has 2 N–H and O–H groups in total. The van der Waals surface area contributed by atoms with Crippen LogP contribution in [-0.2, 0) is 4.79 Å². The first-order valence-corrected chi connectivity index (χ1v) is 7.54. The summed E-state index contributed by atoms with van der Waals surface area (Å²) in [5.74, 6) is -0.251. The molecule has 0 aliphatic rings. The Labute approximate surface area is 145 Å². The molecule has 0 aliphatic heterocycles. The van der Waals surface area contributed by atoms with Crippen molar-refractivity contribution >= 4 is 17.9 Å². The molecule has 2 rings (SSSR count). The Morgan fingerprint density at radius 1 is 1.12 bits per heavy atom. The lowest BCUT2D eigenvalue weighted by molar-refractivity contribution is -0.117. The highest BCUT2D eigenvalue weighted by Crippen LogP contribution is 2.13. The Morgan fingerprint density at radius 2 is 1.84 bits per heavy atom. The third kappa shape index (κ3) is 5.52. The molecule has 2 aromatic carbocycles. The summed E-state index contributed by atoms with van der Waals surface area (Å²) in [6.07, 6.45) is 2.91. The van der Waals surface area contributed by atoms with Gasteiger partial charge >= 0.3 is 0 Å². The number of nitriles is 1. The van der Waals surface area contributed by atoms with E-state index in [1.807, 2.05) is 25.1 Å². The quantitative estimate of drug-likeness (QED) is 0.648. The van der Waals surface area contributed by atoms with Crippen LogP contribution in [0.3, 0.4) is 0 Å². The van der Waals surface area contributed by atoms with Gasteiger partial charge < -0.3 is 4.74 Å². The zero-order valence-electron chi connectivity index (χ0n) is 13.7. The average Bonchev–Trinajstić information content (AvgIpc) is 2.64. The van der Waals surface area contributed by atoms with Crippen LogP contribution in [0.5, 0.6) is 5.75 Å².